The molecular formula is C22H24BrN3O3. The SMILES string of the molecule is Cc1cccc(-c2noc(CN(C(=O)COc3ccc(Br)cc3C)C(C)C)n2)c1. The van der Waals surface area contributed by atoms with Crippen molar-refractivity contribution < 1.29 is 14.1 Å². The van der Waals surface area contributed by atoms with Gasteiger partial charge in [-0.1, -0.05) is 44.8 Å². The smallest absolute Gasteiger partial charge is 0.261 e. The second-order valence-corrected chi connectivity index (χ2v) is 8.11. The van der Waals surface area contributed by atoms with E-state index < -0.39 is 0 Å². The van der Waals surface area contributed by atoms with Crippen LogP contribution >= 0.6 is 15.9 Å². The van der Waals surface area contributed by atoms with Gasteiger partial charge in [0.05, 0.1) is 0 Å². The Bertz CT molecular complexity index is 1000. The third-order valence-electron chi connectivity index (χ3n) is 4.48. The van der Waals surface area contributed by atoms with E-state index in [9.17, 15) is 4.79 Å². The van der Waals surface area contributed by atoms with Gasteiger partial charge in [-0.25, -0.2) is 0 Å². The lowest BCUT2D eigenvalue weighted by Crippen LogP contribution is -2.39. The zero-order chi connectivity index (χ0) is 21.0. The number of aromatic nitrogens is 2. The number of aryl methyl sites for hydroxylation is 2. The maximum atomic E-state index is 12.8. The van der Waals surface area contributed by atoms with Crippen molar-refractivity contribution in [1.82, 2.24) is 15.0 Å². The number of halogens is 1. The Morgan fingerprint density at radius 1 is 1.21 bits per heavy atom. The van der Waals surface area contributed by atoms with Gasteiger partial charge in [0.15, 0.2) is 6.61 Å². The summed E-state index contributed by atoms with van der Waals surface area (Å²) in [4.78, 5) is 18.9. The fraction of sp³-hybridized carbons (Fsp3) is 0.318. The van der Waals surface area contributed by atoms with E-state index in [2.05, 4.69) is 26.1 Å². The van der Waals surface area contributed by atoms with E-state index >= 15 is 0 Å². The molecule has 0 fully saturated rings. The summed E-state index contributed by atoms with van der Waals surface area (Å²) in [6.07, 6.45) is 0. The highest BCUT2D eigenvalue weighted by Crippen LogP contribution is 2.22. The van der Waals surface area contributed by atoms with Crippen molar-refractivity contribution in [2.24, 2.45) is 0 Å². The van der Waals surface area contributed by atoms with E-state index in [-0.39, 0.29) is 25.1 Å². The van der Waals surface area contributed by atoms with E-state index in [1.807, 2.05) is 70.2 Å². The fourth-order valence-electron chi connectivity index (χ4n) is 2.92. The second kappa shape index (κ2) is 9.22. The van der Waals surface area contributed by atoms with Gasteiger partial charge in [0.2, 0.25) is 11.7 Å². The molecule has 7 heteroatoms. The molecule has 1 heterocycles. The zero-order valence-electron chi connectivity index (χ0n) is 17.0. The molecule has 29 heavy (non-hydrogen) atoms. The number of carbonyl (C=O) groups excluding carboxylic acids is 1. The molecule has 3 aromatic rings. The van der Waals surface area contributed by atoms with Gasteiger partial charge in [0.25, 0.3) is 5.91 Å². The van der Waals surface area contributed by atoms with Crippen LogP contribution in [-0.4, -0.2) is 33.6 Å². The standard InChI is InChI=1S/C22H24BrN3O3/c1-14(2)26(21(27)13-28-19-9-8-18(23)11-16(19)4)12-20-24-22(25-29-20)17-7-5-6-15(3)10-17/h5-11,14H,12-13H2,1-4H3. The molecule has 2 aromatic carbocycles. The maximum Gasteiger partial charge on any atom is 0.261 e. The Labute approximate surface area is 179 Å². The van der Waals surface area contributed by atoms with Crippen molar-refractivity contribution in [2.45, 2.75) is 40.3 Å². The quantitative estimate of drug-likeness (QED) is 0.502. The topological polar surface area (TPSA) is 68.5 Å². The summed E-state index contributed by atoms with van der Waals surface area (Å²) in [6.45, 7) is 8.02. The van der Waals surface area contributed by atoms with Crippen LogP contribution in [0.2, 0.25) is 0 Å². The molecule has 3 rings (SSSR count). The van der Waals surface area contributed by atoms with E-state index in [1.165, 1.54) is 0 Å². The number of amides is 1. The number of hydrogen-bond donors (Lipinski definition) is 0. The molecule has 0 spiro atoms. The molecular weight excluding hydrogens is 434 g/mol. The Balaban J connectivity index is 1.67. The Morgan fingerprint density at radius 2 is 2.00 bits per heavy atom. The van der Waals surface area contributed by atoms with Crippen molar-refractivity contribution in [3.63, 3.8) is 0 Å². The van der Waals surface area contributed by atoms with E-state index in [1.54, 1.807) is 4.90 Å². The third kappa shape index (κ3) is 5.44. The molecule has 0 atom stereocenters. The Kier molecular flexibility index (Phi) is 6.69. The molecule has 1 aromatic heterocycles. The van der Waals surface area contributed by atoms with Crippen LogP contribution in [0.25, 0.3) is 11.4 Å². The molecule has 6 nitrogen and oxygen atoms in total. The highest BCUT2D eigenvalue weighted by atomic mass is 79.9. The monoisotopic (exact) mass is 457 g/mol. The first-order chi connectivity index (χ1) is 13.8. The molecule has 0 aliphatic heterocycles. The minimum Gasteiger partial charge on any atom is -0.483 e. The van der Waals surface area contributed by atoms with Gasteiger partial charge in [-0.3, -0.25) is 4.79 Å². The number of carbonyl (C=O) groups is 1. The van der Waals surface area contributed by atoms with Crippen LogP contribution < -0.4 is 4.74 Å². The number of ether oxygens (including phenoxy) is 1. The first kappa shape index (κ1) is 21.0. The molecule has 0 saturated carbocycles. The van der Waals surface area contributed by atoms with Crippen molar-refractivity contribution >= 4 is 21.8 Å². The predicted octanol–water partition coefficient (Wildman–Crippen LogP) is 4.93. The van der Waals surface area contributed by atoms with Crippen LogP contribution in [0.1, 0.15) is 30.9 Å². The summed E-state index contributed by atoms with van der Waals surface area (Å²) in [6, 6.07) is 13.5. The Hall–Kier alpha value is -2.67. The minimum atomic E-state index is -0.141. The van der Waals surface area contributed by atoms with Crippen LogP contribution in [0, 0.1) is 13.8 Å². The van der Waals surface area contributed by atoms with Gasteiger partial charge in [-0.05, 0) is 57.5 Å². The summed E-state index contributed by atoms with van der Waals surface area (Å²) in [5.74, 6) is 1.45. The lowest BCUT2D eigenvalue weighted by atomic mass is 10.1. The normalized spacial score (nSPS) is 11.0. The molecule has 0 radical (unpaired) electrons. The number of hydrogen-bond acceptors (Lipinski definition) is 5. The first-order valence-corrected chi connectivity index (χ1v) is 10.2. The minimum absolute atomic E-state index is 0.0357. The summed E-state index contributed by atoms with van der Waals surface area (Å²) in [5.41, 5.74) is 2.97. The van der Waals surface area contributed by atoms with Crippen molar-refractivity contribution in [3.8, 4) is 17.1 Å². The molecule has 0 saturated heterocycles. The molecule has 0 N–H and O–H groups in total. The van der Waals surface area contributed by atoms with Gasteiger partial charge in [0, 0.05) is 16.1 Å². The largest absolute Gasteiger partial charge is 0.483 e. The van der Waals surface area contributed by atoms with Crippen LogP contribution in [0.5, 0.6) is 5.75 Å². The van der Waals surface area contributed by atoms with Gasteiger partial charge >= 0.3 is 0 Å². The van der Waals surface area contributed by atoms with Gasteiger partial charge in [-0.15, -0.1) is 0 Å². The number of benzene rings is 2. The molecule has 1 amide bonds. The summed E-state index contributed by atoms with van der Waals surface area (Å²) in [5, 5.41) is 4.05. The molecule has 0 unspecified atom stereocenters. The van der Waals surface area contributed by atoms with E-state index in [4.69, 9.17) is 9.26 Å². The van der Waals surface area contributed by atoms with Crippen molar-refractivity contribution in [2.75, 3.05) is 6.61 Å². The average molecular weight is 458 g/mol. The van der Waals surface area contributed by atoms with E-state index in [0.29, 0.717) is 17.5 Å². The summed E-state index contributed by atoms with van der Waals surface area (Å²) < 4.78 is 12.1. The van der Waals surface area contributed by atoms with Crippen LogP contribution in [-0.2, 0) is 11.3 Å². The van der Waals surface area contributed by atoms with Gasteiger partial charge in [-0.2, -0.15) is 4.98 Å². The second-order valence-electron chi connectivity index (χ2n) is 7.20. The van der Waals surface area contributed by atoms with Crippen molar-refractivity contribution in [3.05, 3.63) is 64.0 Å². The molecule has 0 aliphatic rings. The number of rotatable bonds is 7. The zero-order valence-corrected chi connectivity index (χ0v) is 18.6. The van der Waals surface area contributed by atoms with Gasteiger partial charge in [0.1, 0.15) is 12.3 Å². The van der Waals surface area contributed by atoms with Crippen LogP contribution in [0.15, 0.2) is 51.5 Å². The predicted molar refractivity (Wildman–Crippen MR) is 115 cm³/mol. The maximum absolute atomic E-state index is 12.8. The molecule has 152 valence electrons. The first-order valence-electron chi connectivity index (χ1n) is 9.41. The molecule has 0 bridgehead atoms. The van der Waals surface area contributed by atoms with E-state index in [0.717, 1.165) is 21.2 Å². The average Bonchev–Trinajstić information content (AvgIpc) is 3.14. The molecule has 0 aliphatic carbocycles. The highest BCUT2D eigenvalue weighted by Gasteiger charge is 2.21. The summed E-state index contributed by atoms with van der Waals surface area (Å²) in [7, 11) is 0. The lowest BCUT2D eigenvalue weighted by Gasteiger charge is -2.25. The fourth-order valence-corrected chi connectivity index (χ4v) is 3.40. The Morgan fingerprint density at radius 3 is 2.69 bits per heavy atom. The van der Waals surface area contributed by atoms with Crippen molar-refractivity contribution in [1.29, 1.82) is 0 Å². The highest BCUT2D eigenvalue weighted by molar-refractivity contribution is 9.10. The third-order valence-corrected chi connectivity index (χ3v) is 4.98. The lowest BCUT2D eigenvalue weighted by molar-refractivity contribution is -0.136. The van der Waals surface area contributed by atoms with Crippen LogP contribution in [0.4, 0.5) is 0 Å². The van der Waals surface area contributed by atoms with Crippen LogP contribution in [0.3, 0.4) is 0 Å². The number of nitrogens with zero attached hydrogens (tertiary/aromatic N) is 3. The summed E-state index contributed by atoms with van der Waals surface area (Å²) >= 11 is 3.42. The van der Waals surface area contributed by atoms with Gasteiger partial charge < -0.3 is 14.2 Å².